The normalized spacial score (nSPS) is 17.2. The number of rotatable bonds is 6. The average molecular weight is 316 g/mol. The zero-order valence-corrected chi connectivity index (χ0v) is 13.1. The Morgan fingerprint density at radius 1 is 1.39 bits per heavy atom. The van der Waals surface area contributed by atoms with Gasteiger partial charge in [0.05, 0.1) is 6.10 Å². The fourth-order valence-electron chi connectivity index (χ4n) is 2.50. The highest BCUT2D eigenvalue weighted by molar-refractivity contribution is 6.03. The summed E-state index contributed by atoms with van der Waals surface area (Å²) in [5.74, 6) is 1.07. The molecule has 1 atom stereocenters. The first-order chi connectivity index (χ1) is 11.3. The number of anilines is 1. The third-order valence-corrected chi connectivity index (χ3v) is 3.75. The van der Waals surface area contributed by atoms with Crippen molar-refractivity contribution in [3.63, 3.8) is 0 Å². The molecule has 0 bridgehead atoms. The van der Waals surface area contributed by atoms with E-state index in [-0.39, 0.29) is 12.0 Å². The molecule has 1 aliphatic heterocycles. The predicted octanol–water partition coefficient (Wildman–Crippen LogP) is 3.05. The molecule has 1 aromatic carbocycles. The number of carbonyl (C=O) groups excluding carboxylic acids is 1. The van der Waals surface area contributed by atoms with Crippen LogP contribution in [-0.4, -0.2) is 30.2 Å². The molecule has 2 heterocycles. The number of oxazole rings is 1. The molecule has 1 unspecified atom stereocenters. The maximum absolute atomic E-state index is 12.2. The van der Waals surface area contributed by atoms with Crippen molar-refractivity contribution in [1.29, 1.82) is 0 Å². The maximum Gasteiger partial charge on any atom is 0.277 e. The highest BCUT2D eigenvalue weighted by Crippen LogP contribution is 2.19. The second-order valence-corrected chi connectivity index (χ2v) is 5.40. The lowest BCUT2D eigenvalue weighted by molar-refractivity contribution is 0.0679. The summed E-state index contributed by atoms with van der Waals surface area (Å²) < 4.78 is 16.4. The van der Waals surface area contributed by atoms with Crippen LogP contribution in [0, 0.1) is 0 Å². The number of ether oxygens (including phenoxy) is 2. The van der Waals surface area contributed by atoms with Gasteiger partial charge in [0.2, 0.25) is 0 Å². The standard InChI is InChI=1S/C17H20N2O4/c1-2-15-16(18-11-23-15)17(20)19-12-5-7-13(8-6-12)22-10-14-4-3-9-21-14/h5-8,11,14H,2-4,9-10H2,1H3,(H,19,20). The van der Waals surface area contributed by atoms with Crippen molar-refractivity contribution in [3.05, 3.63) is 42.1 Å². The van der Waals surface area contributed by atoms with E-state index in [0.29, 0.717) is 30.2 Å². The van der Waals surface area contributed by atoms with Gasteiger partial charge in [0.1, 0.15) is 18.1 Å². The Hall–Kier alpha value is -2.34. The van der Waals surface area contributed by atoms with E-state index in [1.54, 1.807) is 12.1 Å². The summed E-state index contributed by atoms with van der Waals surface area (Å²) in [6.45, 7) is 3.29. The number of hydrogen-bond donors (Lipinski definition) is 1. The Bertz CT molecular complexity index is 645. The Morgan fingerprint density at radius 3 is 2.91 bits per heavy atom. The topological polar surface area (TPSA) is 73.6 Å². The van der Waals surface area contributed by atoms with Crippen LogP contribution in [0.5, 0.6) is 5.75 Å². The zero-order valence-electron chi connectivity index (χ0n) is 13.1. The third-order valence-electron chi connectivity index (χ3n) is 3.75. The molecule has 1 fully saturated rings. The van der Waals surface area contributed by atoms with Gasteiger partial charge in [-0.2, -0.15) is 0 Å². The van der Waals surface area contributed by atoms with Gasteiger partial charge in [-0.05, 0) is 37.1 Å². The Kier molecular flexibility index (Phi) is 4.92. The maximum atomic E-state index is 12.2. The molecule has 23 heavy (non-hydrogen) atoms. The van der Waals surface area contributed by atoms with E-state index in [0.717, 1.165) is 25.2 Å². The van der Waals surface area contributed by atoms with Crippen molar-refractivity contribution in [2.45, 2.75) is 32.3 Å². The largest absolute Gasteiger partial charge is 0.491 e. The van der Waals surface area contributed by atoms with Gasteiger partial charge in [-0.1, -0.05) is 6.92 Å². The molecule has 3 rings (SSSR count). The lowest BCUT2D eigenvalue weighted by Gasteiger charge is -2.12. The van der Waals surface area contributed by atoms with Gasteiger partial charge in [0.25, 0.3) is 5.91 Å². The Balaban J connectivity index is 1.55. The predicted molar refractivity (Wildman–Crippen MR) is 84.7 cm³/mol. The molecule has 122 valence electrons. The molecule has 1 amide bonds. The fourth-order valence-corrected chi connectivity index (χ4v) is 2.50. The number of carbonyl (C=O) groups is 1. The molecule has 1 saturated heterocycles. The van der Waals surface area contributed by atoms with Gasteiger partial charge in [-0.25, -0.2) is 4.98 Å². The number of nitrogens with one attached hydrogen (secondary N) is 1. The molecule has 6 nitrogen and oxygen atoms in total. The van der Waals surface area contributed by atoms with Crippen molar-refractivity contribution in [3.8, 4) is 5.75 Å². The van der Waals surface area contributed by atoms with E-state index in [1.807, 2.05) is 19.1 Å². The summed E-state index contributed by atoms with van der Waals surface area (Å²) in [6.07, 6.45) is 4.25. The number of hydrogen-bond acceptors (Lipinski definition) is 5. The van der Waals surface area contributed by atoms with Gasteiger partial charge >= 0.3 is 0 Å². The number of amides is 1. The minimum absolute atomic E-state index is 0.189. The summed E-state index contributed by atoms with van der Waals surface area (Å²) in [5.41, 5.74) is 1.01. The summed E-state index contributed by atoms with van der Waals surface area (Å²) in [4.78, 5) is 16.1. The van der Waals surface area contributed by atoms with Crippen LogP contribution in [0.1, 0.15) is 36.0 Å². The van der Waals surface area contributed by atoms with Crippen molar-refractivity contribution in [2.75, 3.05) is 18.5 Å². The summed E-state index contributed by atoms with van der Waals surface area (Å²) in [7, 11) is 0. The van der Waals surface area contributed by atoms with Crippen LogP contribution in [0.4, 0.5) is 5.69 Å². The summed E-state index contributed by atoms with van der Waals surface area (Å²) in [5, 5.41) is 2.80. The molecular formula is C17H20N2O4. The van der Waals surface area contributed by atoms with Gasteiger partial charge < -0.3 is 19.2 Å². The van der Waals surface area contributed by atoms with Gasteiger partial charge in [0.15, 0.2) is 12.1 Å². The molecule has 1 aromatic heterocycles. The van der Waals surface area contributed by atoms with Crippen LogP contribution in [-0.2, 0) is 11.2 Å². The smallest absolute Gasteiger partial charge is 0.277 e. The SMILES string of the molecule is CCc1ocnc1C(=O)Nc1ccc(OCC2CCCO2)cc1. The monoisotopic (exact) mass is 316 g/mol. The summed E-state index contributed by atoms with van der Waals surface area (Å²) >= 11 is 0. The first-order valence-electron chi connectivity index (χ1n) is 7.84. The molecule has 0 radical (unpaired) electrons. The first-order valence-corrected chi connectivity index (χ1v) is 7.84. The second kappa shape index (κ2) is 7.28. The molecule has 0 spiro atoms. The van der Waals surface area contributed by atoms with Crippen LogP contribution in [0.15, 0.2) is 35.1 Å². The van der Waals surface area contributed by atoms with Crippen LogP contribution in [0.25, 0.3) is 0 Å². The number of aryl methyl sites for hydroxylation is 1. The average Bonchev–Trinajstić information content (AvgIpc) is 3.25. The third kappa shape index (κ3) is 3.90. The van der Waals surface area contributed by atoms with E-state index >= 15 is 0 Å². The number of benzene rings is 1. The lowest BCUT2D eigenvalue weighted by Crippen LogP contribution is -2.16. The summed E-state index contributed by atoms with van der Waals surface area (Å²) in [6, 6.07) is 7.26. The van der Waals surface area contributed by atoms with Gasteiger partial charge in [0, 0.05) is 18.7 Å². The lowest BCUT2D eigenvalue weighted by atomic mass is 10.2. The Morgan fingerprint density at radius 2 is 2.22 bits per heavy atom. The second-order valence-electron chi connectivity index (χ2n) is 5.40. The van der Waals surface area contributed by atoms with Crippen molar-refractivity contribution >= 4 is 11.6 Å². The van der Waals surface area contributed by atoms with Crippen LogP contribution in [0.2, 0.25) is 0 Å². The first kappa shape index (κ1) is 15.6. The van der Waals surface area contributed by atoms with Crippen molar-refractivity contribution in [1.82, 2.24) is 4.98 Å². The van der Waals surface area contributed by atoms with E-state index < -0.39 is 0 Å². The molecule has 1 N–H and O–H groups in total. The van der Waals surface area contributed by atoms with Crippen LogP contribution in [0.3, 0.4) is 0 Å². The van der Waals surface area contributed by atoms with E-state index in [2.05, 4.69) is 10.3 Å². The van der Waals surface area contributed by atoms with Crippen LogP contribution >= 0.6 is 0 Å². The minimum Gasteiger partial charge on any atom is -0.491 e. The Labute approximate surface area is 134 Å². The van der Waals surface area contributed by atoms with Gasteiger partial charge in [-0.3, -0.25) is 4.79 Å². The molecule has 0 aliphatic carbocycles. The van der Waals surface area contributed by atoms with Crippen molar-refractivity contribution < 1.29 is 18.7 Å². The van der Waals surface area contributed by atoms with Gasteiger partial charge in [-0.15, -0.1) is 0 Å². The number of nitrogens with zero attached hydrogens (tertiary/aromatic N) is 1. The highest BCUT2D eigenvalue weighted by Gasteiger charge is 2.17. The molecule has 6 heteroatoms. The molecular weight excluding hydrogens is 296 g/mol. The molecule has 0 saturated carbocycles. The highest BCUT2D eigenvalue weighted by atomic mass is 16.5. The van der Waals surface area contributed by atoms with E-state index in [4.69, 9.17) is 13.9 Å². The fraction of sp³-hybridized carbons (Fsp3) is 0.412. The van der Waals surface area contributed by atoms with Crippen molar-refractivity contribution in [2.24, 2.45) is 0 Å². The number of aromatic nitrogens is 1. The van der Waals surface area contributed by atoms with E-state index in [1.165, 1.54) is 6.39 Å². The molecule has 1 aliphatic rings. The van der Waals surface area contributed by atoms with E-state index in [9.17, 15) is 4.79 Å². The van der Waals surface area contributed by atoms with Crippen LogP contribution < -0.4 is 10.1 Å². The zero-order chi connectivity index (χ0) is 16.1. The minimum atomic E-state index is -0.274. The molecule has 2 aromatic rings. The quantitative estimate of drug-likeness (QED) is 0.886.